The molecular weight excluding hydrogens is 355 g/mol. The van der Waals surface area contributed by atoms with E-state index in [0.29, 0.717) is 27.8 Å². The van der Waals surface area contributed by atoms with Crippen LogP contribution in [0.1, 0.15) is 17.0 Å². The third kappa shape index (κ3) is 4.11. The van der Waals surface area contributed by atoms with Crippen molar-refractivity contribution >= 4 is 11.6 Å². The van der Waals surface area contributed by atoms with Crippen molar-refractivity contribution in [3.05, 3.63) is 70.5 Å². The van der Waals surface area contributed by atoms with Gasteiger partial charge in [0.25, 0.3) is 0 Å². The zero-order chi connectivity index (χ0) is 18.0. The largest absolute Gasteiger partial charge is 0.487 e. The van der Waals surface area contributed by atoms with Crippen molar-refractivity contribution in [2.45, 2.75) is 19.7 Å². The fourth-order valence-electron chi connectivity index (χ4n) is 2.15. The number of hydrogen-bond donors (Lipinski definition) is 0. The van der Waals surface area contributed by atoms with Crippen molar-refractivity contribution in [1.29, 1.82) is 0 Å². The Morgan fingerprint density at radius 3 is 2.44 bits per heavy atom. The molecule has 4 nitrogen and oxygen atoms in total. The van der Waals surface area contributed by atoms with Crippen LogP contribution in [0.15, 0.2) is 48.5 Å². The molecule has 2 aromatic carbocycles. The van der Waals surface area contributed by atoms with E-state index in [4.69, 9.17) is 16.3 Å². The van der Waals surface area contributed by atoms with Gasteiger partial charge in [-0.15, -0.1) is 5.10 Å². The van der Waals surface area contributed by atoms with Crippen LogP contribution in [0.5, 0.6) is 5.75 Å². The fraction of sp³-hybridized carbons (Fsp3) is 0.176. The highest BCUT2D eigenvalue weighted by molar-refractivity contribution is 6.30. The summed E-state index contributed by atoms with van der Waals surface area (Å²) in [5.74, 6) is 0.594. The first kappa shape index (κ1) is 17.3. The van der Waals surface area contributed by atoms with Crippen LogP contribution in [0.4, 0.5) is 13.2 Å². The van der Waals surface area contributed by atoms with Crippen LogP contribution in [-0.2, 0) is 12.8 Å². The Labute approximate surface area is 146 Å². The van der Waals surface area contributed by atoms with E-state index in [0.717, 1.165) is 12.1 Å². The van der Waals surface area contributed by atoms with Crippen molar-refractivity contribution in [1.82, 2.24) is 15.0 Å². The number of aromatic nitrogens is 3. The van der Waals surface area contributed by atoms with Crippen molar-refractivity contribution in [3.8, 4) is 11.4 Å². The number of benzene rings is 2. The molecule has 3 aromatic rings. The minimum absolute atomic E-state index is 0.173. The van der Waals surface area contributed by atoms with Crippen LogP contribution in [-0.4, -0.2) is 15.0 Å². The van der Waals surface area contributed by atoms with E-state index in [1.165, 1.54) is 16.9 Å². The molecular formula is C17H13ClF3N3O. The molecule has 0 saturated heterocycles. The Kier molecular flexibility index (Phi) is 4.67. The summed E-state index contributed by atoms with van der Waals surface area (Å²) in [6, 6.07) is 11.6. The first-order valence-corrected chi connectivity index (χ1v) is 7.69. The summed E-state index contributed by atoms with van der Waals surface area (Å²) in [6.07, 6.45) is -4.37. The number of alkyl halides is 3. The van der Waals surface area contributed by atoms with Gasteiger partial charge in [-0.1, -0.05) is 17.7 Å². The molecule has 0 unspecified atom stereocenters. The molecule has 0 saturated carbocycles. The Bertz CT molecular complexity index is 876. The van der Waals surface area contributed by atoms with Gasteiger partial charge in [-0.25, -0.2) is 0 Å². The monoisotopic (exact) mass is 367 g/mol. The van der Waals surface area contributed by atoms with Gasteiger partial charge in [0.05, 0.1) is 16.9 Å². The van der Waals surface area contributed by atoms with Crippen molar-refractivity contribution in [2.24, 2.45) is 0 Å². The fourth-order valence-corrected chi connectivity index (χ4v) is 2.33. The summed E-state index contributed by atoms with van der Waals surface area (Å²) >= 11 is 5.89. The molecule has 0 spiro atoms. The second-order valence-electron chi connectivity index (χ2n) is 5.31. The molecule has 0 radical (unpaired) electrons. The Balaban J connectivity index is 1.76. The second-order valence-corrected chi connectivity index (χ2v) is 5.75. The number of rotatable bonds is 4. The van der Waals surface area contributed by atoms with Crippen LogP contribution < -0.4 is 4.74 Å². The van der Waals surface area contributed by atoms with Gasteiger partial charge in [-0.2, -0.15) is 23.1 Å². The van der Waals surface area contributed by atoms with E-state index in [9.17, 15) is 13.2 Å². The smallest absolute Gasteiger partial charge is 0.416 e. The van der Waals surface area contributed by atoms with Gasteiger partial charge in [-0.05, 0) is 49.4 Å². The summed E-state index contributed by atoms with van der Waals surface area (Å²) in [6.45, 7) is 1.93. The van der Waals surface area contributed by atoms with Crippen molar-refractivity contribution in [3.63, 3.8) is 0 Å². The van der Waals surface area contributed by atoms with E-state index in [1.807, 2.05) is 0 Å². The zero-order valence-electron chi connectivity index (χ0n) is 13.1. The maximum atomic E-state index is 12.6. The molecule has 0 fully saturated rings. The third-order valence-corrected chi connectivity index (χ3v) is 3.71. The SMILES string of the molecule is Cc1nn(-c2ccc(C(F)(F)F)cc2)nc1COc1cccc(Cl)c1. The topological polar surface area (TPSA) is 39.9 Å². The highest BCUT2D eigenvalue weighted by Gasteiger charge is 2.30. The van der Waals surface area contributed by atoms with Gasteiger partial charge in [0, 0.05) is 5.02 Å². The molecule has 0 atom stereocenters. The molecule has 8 heteroatoms. The third-order valence-electron chi connectivity index (χ3n) is 3.47. The van der Waals surface area contributed by atoms with Crippen molar-refractivity contribution < 1.29 is 17.9 Å². The molecule has 0 amide bonds. The summed E-state index contributed by atoms with van der Waals surface area (Å²) < 4.78 is 43.5. The lowest BCUT2D eigenvalue weighted by Crippen LogP contribution is -2.06. The van der Waals surface area contributed by atoms with Crippen LogP contribution in [0.3, 0.4) is 0 Å². The molecule has 0 aliphatic carbocycles. The molecule has 0 N–H and O–H groups in total. The number of halogens is 4. The number of aryl methyl sites for hydroxylation is 1. The van der Waals surface area contributed by atoms with Gasteiger partial charge in [0.15, 0.2) is 0 Å². The Morgan fingerprint density at radius 2 is 1.80 bits per heavy atom. The lowest BCUT2D eigenvalue weighted by molar-refractivity contribution is -0.137. The first-order valence-electron chi connectivity index (χ1n) is 7.32. The highest BCUT2D eigenvalue weighted by atomic mass is 35.5. The number of ether oxygens (including phenoxy) is 1. The van der Waals surface area contributed by atoms with E-state index in [1.54, 1.807) is 31.2 Å². The molecule has 0 aliphatic rings. The summed E-state index contributed by atoms with van der Waals surface area (Å²) in [4.78, 5) is 1.28. The zero-order valence-corrected chi connectivity index (χ0v) is 13.8. The minimum Gasteiger partial charge on any atom is -0.487 e. The van der Waals surface area contributed by atoms with Gasteiger partial charge >= 0.3 is 6.18 Å². The normalized spacial score (nSPS) is 11.6. The number of hydrogen-bond acceptors (Lipinski definition) is 3. The van der Waals surface area contributed by atoms with Gasteiger partial charge in [0.2, 0.25) is 0 Å². The number of nitrogens with zero attached hydrogens (tertiary/aromatic N) is 3. The lowest BCUT2D eigenvalue weighted by atomic mass is 10.2. The summed E-state index contributed by atoms with van der Waals surface area (Å²) in [5, 5.41) is 9.05. The quantitative estimate of drug-likeness (QED) is 0.663. The van der Waals surface area contributed by atoms with E-state index in [-0.39, 0.29) is 6.61 Å². The first-order chi connectivity index (χ1) is 11.8. The molecule has 0 bridgehead atoms. The molecule has 1 heterocycles. The summed E-state index contributed by atoms with van der Waals surface area (Å²) in [5.41, 5.74) is 0.927. The van der Waals surface area contributed by atoms with Gasteiger partial charge < -0.3 is 4.74 Å². The van der Waals surface area contributed by atoms with Crippen LogP contribution in [0, 0.1) is 6.92 Å². The Morgan fingerprint density at radius 1 is 1.08 bits per heavy atom. The average Bonchev–Trinajstić information content (AvgIpc) is 2.93. The second kappa shape index (κ2) is 6.76. The lowest BCUT2D eigenvalue weighted by Gasteiger charge is -2.07. The highest BCUT2D eigenvalue weighted by Crippen LogP contribution is 2.29. The molecule has 130 valence electrons. The average molecular weight is 368 g/mol. The summed E-state index contributed by atoms with van der Waals surface area (Å²) in [7, 11) is 0. The van der Waals surface area contributed by atoms with Crippen LogP contribution >= 0.6 is 11.6 Å². The predicted molar refractivity (Wildman–Crippen MR) is 86.9 cm³/mol. The predicted octanol–water partition coefficient (Wildman–Crippen LogP) is 4.83. The maximum Gasteiger partial charge on any atom is 0.416 e. The Hall–Kier alpha value is -2.54. The van der Waals surface area contributed by atoms with Crippen LogP contribution in [0.2, 0.25) is 5.02 Å². The molecule has 1 aromatic heterocycles. The van der Waals surface area contributed by atoms with E-state index < -0.39 is 11.7 Å². The molecule has 25 heavy (non-hydrogen) atoms. The van der Waals surface area contributed by atoms with Crippen LogP contribution in [0.25, 0.3) is 5.69 Å². The standard InChI is InChI=1S/C17H13ClF3N3O/c1-11-16(10-25-15-4-2-3-13(18)9-15)23-24(22-11)14-7-5-12(6-8-14)17(19,20)21/h2-9H,10H2,1H3. The maximum absolute atomic E-state index is 12.6. The molecule has 0 aliphatic heterocycles. The molecule has 3 rings (SSSR count). The van der Waals surface area contributed by atoms with E-state index >= 15 is 0 Å². The van der Waals surface area contributed by atoms with Crippen molar-refractivity contribution in [2.75, 3.05) is 0 Å². The minimum atomic E-state index is -4.37. The van der Waals surface area contributed by atoms with Gasteiger partial charge in [0.1, 0.15) is 18.1 Å². The van der Waals surface area contributed by atoms with E-state index in [2.05, 4.69) is 10.2 Å². The van der Waals surface area contributed by atoms with Gasteiger partial charge in [-0.3, -0.25) is 0 Å².